The van der Waals surface area contributed by atoms with E-state index >= 15 is 0 Å². The Bertz CT molecular complexity index is 602. The average Bonchev–Trinajstić information content (AvgIpc) is 3.01. The molecule has 1 heterocycles. The Hall–Kier alpha value is -1.72. The predicted molar refractivity (Wildman–Crippen MR) is 83.3 cm³/mol. The highest BCUT2D eigenvalue weighted by Gasteiger charge is 2.21. The summed E-state index contributed by atoms with van der Waals surface area (Å²) in [5, 5.41) is 4.55. The Morgan fingerprint density at radius 2 is 2.24 bits per heavy atom. The van der Waals surface area contributed by atoms with E-state index in [1.165, 1.54) is 12.0 Å². The van der Waals surface area contributed by atoms with Crippen LogP contribution in [0.5, 0.6) is 5.75 Å². The minimum Gasteiger partial charge on any atom is -0.495 e. The van der Waals surface area contributed by atoms with E-state index in [4.69, 9.17) is 27.9 Å². The number of rotatable bonds is 6. The van der Waals surface area contributed by atoms with E-state index in [-0.39, 0.29) is 11.8 Å². The molecule has 1 aromatic heterocycles. The van der Waals surface area contributed by atoms with Crippen molar-refractivity contribution in [3.05, 3.63) is 41.7 Å². The van der Waals surface area contributed by atoms with Crippen molar-refractivity contribution in [1.29, 1.82) is 0 Å². The Morgan fingerprint density at radius 3 is 2.86 bits per heavy atom. The Morgan fingerprint density at radius 1 is 1.43 bits per heavy atom. The number of carbonyl (C=O) groups is 1. The minimum absolute atomic E-state index is 0.131. The Kier molecular flexibility index (Phi) is 5.47. The van der Waals surface area contributed by atoms with E-state index < -0.39 is 0 Å². The molecule has 1 aromatic carbocycles. The van der Waals surface area contributed by atoms with Gasteiger partial charge in [-0.1, -0.05) is 17.7 Å². The number of benzene rings is 1. The summed E-state index contributed by atoms with van der Waals surface area (Å²) in [4.78, 5) is 13.7. The maximum Gasteiger partial charge on any atom is 0.242 e. The van der Waals surface area contributed by atoms with Crippen LogP contribution >= 0.6 is 23.2 Å². The molecular formula is C14H15Cl2N3O2. The number of alkyl halides is 1. The van der Waals surface area contributed by atoms with Crippen LogP contribution in [0.1, 0.15) is 0 Å². The van der Waals surface area contributed by atoms with Crippen molar-refractivity contribution in [2.45, 2.75) is 6.54 Å². The highest BCUT2D eigenvalue weighted by molar-refractivity contribution is 6.35. The molecule has 0 spiro atoms. The van der Waals surface area contributed by atoms with E-state index in [2.05, 4.69) is 5.10 Å². The van der Waals surface area contributed by atoms with Crippen molar-refractivity contribution in [2.24, 2.45) is 0 Å². The molecule has 0 unspecified atom stereocenters. The number of carbonyl (C=O) groups excluding carboxylic acids is 1. The largest absolute Gasteiger partial charge is 0.495 e. The van der Waals surface area contributed by atoms with Crippen LogP contribution in [0.25, 0.3) is 0 Å². The predicted octanol–water partition coefficient (Wildman–Crippen LogP) is 2.82. The number of halogens is 2. The molecule has 0 bridgehead atoms. The number of ether oxygens (including phenoxy) is 1. The summed E-state index contributed by atoms with van der Waals surface area (Å²) in [6.07, 6.45) is 3.51. The number of methoxy groups -OCH3 is 1. The van der Waals surface area contributed by atoms with Gasteiger partial charge in [-0.15, -0.1) is 11.6 Å². The van der Waals surface area contributed by atoms with Gasteiger partial charge in [0, 0.05) is 18.9 Å². The van der Waals surface area contributed by atoms with Gasteiger partial charge >= 0.3 is 0 Å². The van der Waals surface area contributed by atoms with E-state index in [9.17, 15) is 4.79 Å². The molecule has 7 heteroatoms. The lowest BCUT2D eigenvalue weighted by atomic mass is 10.2. The summed E-state index contributed by atoms with van der Waals surface area (Å²) in [6.45, 7) is 0.928. The molecule has 1 amide bonds. The Labute approximate surface area is 133 Å². The normalized spacial score (nSPS) is 10.4. The highest BCUT2D eigenvalue weighted by Crippen LogP contribution is 2.35. The molecule has 0 aliphatic heterocycles. The molecule has 2 aromatic rings. The average molecular weight is 328 g/mol. The standard InChI is InChI=1S/C14H15Cl2N3O2/c1-21-12-5-2-4-11(16)14(12)19(13(20)10-15)9-8-18-7-3-6-17-18/h2-7H,8-10H2,1H3. The van der Waals surface area contributed by atoms with E-state index in [1.807, 2.05) is 12.3 Å². The number of nitrogens with zero attached hydrogens (tertiary/aromatic N) is 3. The van der Waals surface area contributed by atoms with Crippen LogP contribution in [0.15, 0.2) is 36.7 Å². The third kappa shape index (κ3) is 3.68. The summed E-state index contributed by atoms with van der Waals surface area (Å²) in [5.74, 6) is 0.157. The summed E-state index contributed by atoms with van der Waals surface area (Å²) in [6, 6.07) is 7.05. The molecule has 0 saturated carbocycles. The fourth-order valence-corrected chi connectivity index (χ4v) is 2.40. The van der Waals surface area contributed by atoms with Gasteiger partial charge in [-0.25, -0.2) is 0 Å². The molecule has 21 heavy (non-hydrogen) atoms. The second kappa shape index (κ2) is 7.33. The van der Waals surface area contributed by atoms with Gasteiger partial charge in [0.2, 0.25) is 5.91 Å². The third-order valence-corrected chi connectivity index (χ3v) is 3.50. The molecule has 0 fully saturated rings. The van der Waals surface area contributed by atoms with E-state index in [0.29, 0.717) is 29.5 Å². The van der Waals surface area contributed by atoms with Gasteiger partial charge in [0.1, 0.15) is 17.3 Å². The summed E-state index contributed by atoms with van der Waals surface area (Å²) in [5.41, 5.74) is 0.527. The van der Waals surface area contributed by atoms with Gasteiger partial charge in [0.15, 0.2) is 0 Å². The number of hydrogen-bond donors (Lipinski definition) is 0. The lowest BCUT2D eigenvalue weighted by molar-refractivity contribution is -0.116. The number of para-hydroxylation sites is 1. The molecule has 0 N–H and O–H groups in total. The van der Waals surface area contributed by atoms with Gasteiger partial charge in [0.05, 0.1) is 18.7 Å². The third-order valence-electron chi connectivity index (χ3n) is 2.97. The first-order valence-corrected chi connectivity index (χ1v) is 7.25. The molecule has 112 valence electrons. The van der Waals surface area contributed by atoms with Crippen molar-refractivity contribution in [2.75, 3.05) is 24.4 Å². The van der Waals surface area contributed by atoms with Crippen LogP contribution < -0.4 is 9.64 Å². The van der Waals surface area contributed by atoms with Crippen molar-refractivity contribution in [3.63, 3.8) is 0 Å². The van der Waals surface area contributed by atoms with Gasteiger partial charge in [-0.3, -0.25) is 9.48 Å². The van der Waals surface area contributed by atoms with Crippen molar-refractivity contribution >= 4 is 34.8 Å². The molecule has 2 rings (SSSR count). The number of aromatic nitrogens is 2. The molecule has 0 radical (unpaired) electrons. The van der Waals surface area contributed by atoms with Gasteiger partial charge < -0.3 is 9.64 Å². The minimum atomic E-state index is -0.241. The van der Waals surface area contributed by atoms with Crippen LogP contribution in [-0.4, -0.2) is 35.2 Å². The van der Waals surface area contributed by atoms with Crippen LogP contribution in [0.3, 0.4) is 0 Å². The zero-order valence-corrected chi connectivity index (χ0v) is 13.0. The zero-order valence-electron chi connectivity index (χ0n) is 11.5. The van der Waals surface area contributed by atoms with Gasteiger partial charge in [0.25, 0.3) is 0 Å². The molecular weight excluding hydrogens is 313 g/mol. The van der Waals surface area contributed by atoms with Crippen molar-refractivity contribution in [3.8, 4) is 5.75 Å². The highest BCUT2D eigenvalue weighted by atomic mass is 35.5. The summed E-state index contributed by atoms with van der Waals surface area (Å²) >= 11 is 11.9. The monoisotopic (exact) mass is 327 g/mol. The van der Waals surface area contributed by atoms with Gasteiger partial charge in [-0.2, -0.15) is 5.10 Å². The molecule has 0 atom stereocenters. The van der Waals surface area contributed by atoms with Crippen molar-refractivity contribution in [1.82, 2.24) is 9.78 Å². The smallest absolute Gasteiger partial charge is 0.242 e. The van der Waals surface area contributed by atoms with Crippen LogP contribution in [-0.2, 0) is 11.3 Å². The maximum absolute atomic E-state index is 12.1. The molecule has 0 saturated heterocycles. The molecule has 0 aliphatic rings. The first-order chi connectivity index (χ1) is 10.2. The van der Waals surface area contributed by atoms with E-state index in [1.54, 1.807) is 29.1 Å². The number of amides is 1. The van der Waals surface area contributed by atoms with E-state index in [0.717, 1.165) is 0 Å². The second-order valence-corrected chi connectivity index (χ2v) is 4.91. The van der Waals surface area contributed by atoms with Crippen LogP contribution in [0.2, 0.25) is 5.02 Å². The lowest BCUT2D eigenvalue weighted by Gasteiger charge is -2.25. The fraction of sp³-hybridized carbons (Fsp3) is 0.286. The van der Waals surface area contributed by atoms with Crippen LogP contribution in [0.4, 0.5) is 5.69 Å². The SMILES string of the molecule is COc1cccc(Cl)c1N(CCn1cccn1)C(=O)CCl. The quantitative estimate of drug-likeness (QED) is 0.766. The van der Waals surface area contributed by atoms with Crippen molar-refractivity contribution < 1.29 is 9.53 Å². The topological polar surface area (TPSA) is 47.4 Å². The first-order valence-electron chi connectivity index (χ1n) is 6.33. The Balaban J connectivity index is 2.29. The zero-order chi connectivity index (χ0) is 15.2. The fourth-order valence-electron chi connectivity index (χ4n) is 1.99. The van der Waals surface area contributed by atoms with Gasteiger partial charge in [-0.05, 0) is 18.2 Å². The number of anilines is 1. The second-order valence-electron chi connectivity index (χ2n) is 4.24. The first kappa shape index (κ1) is 15.7. The summed E-state index contributed by atoms with van der Waals surface area (Å²) < 4.78 is 7.03. The molecule has 5 nitrogen and oxygen atoms in total. The summed E-state index contributed by atoms with van der Waals surface area (Å²) in [7, 11) is 1.53. The molecule has 0 aliphatic carbocycles. The number of hydrogen-bond acceptors (Lipinski definition) is 3. The van der Waals surface area contributed by atoms with Crippen LogP contribution in [0, 0.1) is 0 Å². The lowest BCUT2D eigenvalue weighted by Crippen LogP contribution is -2.35. The maximum atomic E-state index is 12.1.